The fraction of sp³-hybridized carbons (Fsp3) is 0.562. The maximum atomic E-state index is 12.1. The number of hydrogen-bond donors (Lipinski definition) is 1. The largest absolute Gasteiger partial charge is 0.459 e. The van der Waals surface area contributed by atoms with Crippen LogP contribution in [0.3, 0.4) is 0 Å². The SMILES string of the molecule is Nc1ccc(Br)c(C(=O)OCC2CCC3(CCCC3)O2)c1. The number of esters is 1. The molecule has 2 N–H and O–H groups in total. The van der Waals surface area contributed by atoms with Crippen LogP contribution in [-0.2, 0) is 9.47 Å². The average Bonchev–Trinajstić information content (AvgIpc) is 3.09. The second-order valence-corrected chi connectivity index (χ2v) is 6.86. The van der Waals surface area contributed by atoms with E-state index in [1.165, 1.54) is 12.8 Å². The van der Waals surface area contributed by atoms with Gasteiger partial charge in [-0.1, -0.05) is 12.8 Å². The molecule has 0 radical (unpaired) electrons. The van der Waals surface area contributed by atoms with Crippen molar-refractivity contribution in [3.05, 3.63) is 28.2 Å². The topological polar surface area (TPSA) is 61.6 Å². The van der Waals surface area contributed by atoms with E-state index in [0.717, 1.165) is 25.7 Å². The van der Waals surface area contributed by atoms with Crippen molar-refractivity contribution in [2.24, 2.45) is 0 Å². The van der Waals surface area contributed by atoms with Gasteiger partial charge in [0.1, 0.15) is 6.61 Å². The highest BCUT2D eigenvalue weighted by atomic mass is 79.9. The molecule has 1 aromatic rings. The number of hydrogen-bond acceptors (Lipinski definition) is 4. The van der Waals surface area contributed by atoms with Gasteiger partial charge in [-0.05, 0) is 59.8 Å². The molecule has 1 heterocycles. The Hall–Kier alpha value is -1.07. The molecule has 0 bridgehead atoms. The lowest BCUT2D eigenvalue weighted by atomic mass is 9.98. The molecule has 3 rings (SSSR count). The lowest BCUT2D eigenvalue weighted by molar-refractivity contribution is -0.0598. The highest BCUT2D eigenvalue weighted by Gasteiger charge is 2.42. The summed E-state index contributed by atoms with van der Waals surface area (Å²) in [6, 6.07) is 5.12. The minimum atomic E-state index is -0.356. The maximum absolute atomic E-state index is 12.1. The van der Waals surface area contributed by atoms with Crippen molar-refractivity contribution in [1.82, 2.24) is 0 Å². The molecule has 4 nitrogen and oxygen atoms in total. The zero-order valence-corrected chi connectivity index (χ0v) is 13.5. The Morgan fingerprint density at radius 1 is 1.38 bits per heavy atom. The smallest absolute Gasteiger partial charge is 0.339 e. The van der Waals surface area contributed by atoms with Crippen LogP contribution >= 0.6 is 15.9 Å². The molecule has 1 unspecified atom stereocenters. The van der Waals surface area contributed by atoms with E-state index < -0.39 is 0 Å². The first-order chi connectivity index (χ1) is 10.1. The molecule has 5 heteroatoms. The third kappa shape index (κ3) is 3.24. The zero-order valence-electron chi connectivity index (χ0n) is 11.9. The number of carbonyl (C=O) groups is 1. The van der Waals surface area contributed by atoms with Crippen LogP contribution in [-0.4, -0.2) is 24.3 Å². The molecular formula is C16H20BrNO3. The molecule has 1 atom stereocenters. The molecule has 1 saturated heterocycles. The van der Waals surface area contributed by atoms with Crippen LogP contribution in [0.1, 0.15) is 48.9 Å². The summed E-state index contributed by atoms with van der Waals surface area (Å²) in [4.78, 5) is 12.1. The number of nitrogens with two attached hydrogens (primary N) is 1. The normalized spacial score (nSPS) is 23.6. The van der Waals surface area contributed by atoms with Crippen LogP contribution in [0.5, 0.6) is 0 Å². The van der Waals surface area contributed by atoms with Gasteiger partial charge in [-0.2, -0.15) is 0 Å². The molecule has 2 aliphatic rings. The molecule has 114 valence electrons. The van der Waals surface area contributed by atoms with E-state index in [4.69, 9.17) is 15.2 Å². The highest BCUT2D eigenvalue weighted by molar-refractivity contribution is 9.10. The highest BCUT2D eigenvalue weighted by Crippen LogP contribution is 2.43. The first-order valence-corrected chi connectivity index (χ1v) is 8.27. The summed E-state index contributed by atoms with van der Waals surface area (Å²) in [6.45, 7) is 0.321. The van der Waals surface area contributed by atoms with Crippen molar-refractivity contribution in [1.29, 1.82) is 0 Å². The van der Waals surface area contributed by atoms with E-state index in [0.29, 0.717) is 22.3 Å². The summed E-state index contributed by atoms with van der Waals surface area (Å²) in [7, 11) is 0. The molecule has 1 spiro atoms. The van der Waals surface area contributed by atoms with Crippen molar-refractivity contribution >= 4 is 27.6 Å². The summed E-state index contributed by atoms with van der Waals surface area (Å²) in [5, 5.41) is 0. The number of halogens is 1. The van der Waals surface area contributed by atoms with E-state index >= 15 is 0 Å². The van der Waals surface area contributed by atoms with Crippen LogP contribution in [0.2, 0.25) is 0 Å². The summed E-state index contributed by atoms with van der Waals surface area (Å²) < 4.78 is 12.2. The summed E-state index contributed by atoms with van der Waals surface area (Å²) in [5.41, 5.74) is 6.80. The van der Waals surface area contributed by atoms with E-state index in [1.807, 2.05) is 0 Å². The van der Waals surface area contributed by atoms with E-state index in [2.05, 4.69) is 15.9 Å². The predicted octanol–water partition coefficient (Wildman–Crippen LogP) is 3.68. The van der Waals surface area contributed by atoms with Crippen LogP contribution in [0.15, 0.2) is 22.7 Å². The molecule has 1 aliphatic heterocycles. The Morgan fingerprint density at radius 2 is 2.14 bits per heavy atom. The fourth-order valence-corrected chi connectivity index (χ4v) is 3.75. The third-order valence-corrected chi connectivity index (χ3v) is 5.16. The Bertz CT molecular complexity index is 540. The standard InChI is InChI=1S/C16H20BrNO3/c17-14-4-3-11(18)9-13(14)15(19)20-10-12-5-8-16(21-12)6-1-2-7-16/h3-4,9,12H,1-2,5-8,10,18H2. The first-order valence-electron chi connectivity index (χ1n) is 7.48. The van der Waals surface area contributed by atoms with Crippen LogP contribution in [0.25, 0.3) is 0 Å². The molecular weight excluding hydrogens is 334 g/mol. The number of ether oxygens (including phenoxy) is 2. The summed E-state index contributed by atoms with van der Waals surface area (Å²) in [5.74, 6) is -0.356. The first kappa shape index (κ1) is 14.9. The molecule has 0 amide bonds. The van der Waals surface area contributed by atoms with Gasteiger partial charge < -0.3 is 15.2 Å². The van der Waals surface area contributed by atoms with E-state index in [9.17, 15) is 4.79 Å². The lowest BCUT2D eigenvalue weighted by Gasteiger charge is -2.23. The van der Waals surface area contributed by atoms with Gasteiger partial charge in [0.2, 0.25) is 0 Å². The van der Waals surface area contributed by atoms with Gasteiger partial charge in [0, 0.05) is 10.2 Å². The molecule has 1 aromatic carbocycles. The minimum absolute atomic E-state index is 0.0342. The van der Waals surface area contributed by atoms with Crippen molar-refractivity contribution in [3.8, 4) is 0 Å². The molecule has 1 aliphatic carbocycles. The molecule has 0 aromatic heterocycles. The Labute approximate surface area is 133 Å². The van der Waals surface area contributed by atoms with E-state index in [-0.39, 0.29) is 17.7 Å². The van der Waals surface area contributed by atoms with Gasteiger partial charge in [-0.15, -0.1) is 0 Å². The molecule has 2 fully saturated rings. The number of benzene rings is 1. The fourth-order valence-electron chi connectivity index (χ4n) is 3.35. The second kappa shape index (κ2) is 5.97. The minimum Gasteiger partial charge on any atom is -0.459 e. The lowest BCUT2D eigenvalue weighted by Crippen LogP contribution is -2.27. The van der Waals surface area contributed by atoms with Crippen molar-refractivity contribution in [2.45, 2.75) is 50.2 Å². The Morgan fingerprint density at radius 3 is 2.90 bits per heavy atom. The summed E-state index contributed by atoms with van der Waals surface area (Å²) in [6.07, 6.45) is 6.91. The predicted molar refractivity (Wildman–Crippen MR) is 84.1 cm³/mol. The van der Waals surface area contributed by atoms with Crippen LogP contribution in [0, 0.1) is 0 Å². The van der Waals surface area contributed by atoms with E-state index in [1.54, 1.807) is 18.2 Å². The maximum Gasteiger partial charge on any atom is 0.339 e. The Balaban J connectivity index is 1.56. The van der Waals surface area contributed by atoms with Gasteiger partial charge in [0.15, 0.2) is 0 Å². The van der Waals surface area contributed by atoms with Gasteiger partial charge in [0.05, 0.1) is 17.3 Å². The number of nitrogen functional groups attached to an aromatic ring is 1. The summed E-state index contributed by atoms with van der Waals surface area (Å²) >= 11 is 3.35. The number of rotatable bonds is 3. The monoisotopic (exact) mass is 353 g/mol. The van der Waals surface area contributed by atoms with Gasteiger partial charge in [-0.25, -0.2) is 4.79 Å². The number of carbonyl (C=O) groups excluding carboxylic acids is 1. The van der Waals surface area contributed by atoms with Crippen molar-refractivity contribution in [2.75, 3.05) is 12.3 Å². The third-order valence-electron chi connectivity index (χ3n) is 4.46. The average molecular weight is 354 g/mol. The van der Waals surface area contributed by atoms with Crippen LogP contribution < -0.4 is 5.73 Å². The zero-order chi connectivity index (χ0) is 14.9. The molecule has 21 heavy (non-hydrogen) atoms. The number of anilines is 1. The Kier molecular flexibility index (Phi) is 4.22. The van der Waals surface area contributed by atoms with Gasteiger partial charge in [-0.3, -0.25) is 0 Å². The van der Waals surface area contributed by atoms with Crippen LogP contribution in [0.4, 0.5) is 5.69 Å². The quantitative estimate of drug-likeness (QED) is 0.664. The van der Waals surface area contributed by atoms with Crippen molar-refractivity contribution in [3.63, 3.8) is 0 Å². The van der Waals surface area contributed by atoms with Gasteiger partial charge >= 0.3 is 5.97 Å². The second-order valence-electron chi connectivity index (χ2n) is 6.01. The van der Waals surface area contributed by atoms with Gasteiger partial charge in [0.25, 0.3) is 0 Å². The van der Waals surface area contributed by atoms with Crippen molar-refractivity contribution < 1.29 is 14.3 Å². The molecule has 1 saturated carbocycles.